The van der Waals surface area contributed by atoms with Crippen LogP contribution in [0, 0.1) is 13.8 Å². The first-order chi connectivity index (χ1) is 10.4. The number of rotatable bonds is 4. The molecule has 4 nitrogen and oxygen atoms in total. The predicted octanol–water partition coefficient (Wildman–Crippen LogP) is 4.31. The zero-order chi connectivity index (χ0) is 16.3. The van der Waals surface area contributed by atoms with E-state index in [2.05, 4.69) is 29.6 Å². The highest BCUT2D eigenvalue weighted by Crippen LogP contribution is 2.25. The summed E-state index contributed by atoms with van der Waals surface area (Å²) in [6.45, 7) is 7.62. The number of hydrogen-bond donors (Lipinski definition) is 2. The Morgan fingerprint density at radius 3 is 2.64 bits per heavy atom. The molecule has 118 valence electrons. The van der Waals surface area contributed by atoms with Gasteiger partial charge in [-0.1, -0.05) is 23.2 Å². The largest absolute Gasteiger partial charge is 0.358 e. The summed E-state index contributed by atoms with van der Waals surface area (Å²) in [5, 5.41) is 12.4. The first-order valence-corrected chi connectivity index (χ1v) is 8.11. The fourth-order valence-electron chi connectivity index (χ4n) is 2.22. The van der Waals surface area contributed by atoms with Crippen LogP contribution in [0.15, 0.2) is 18.2 Å². The number of halogens is 2. The van der Waals surface area contributed by atoms with Gasteiger partial charge < -0.3 is 10.6 Å². The van der Waals surface area contributed by atoms with Gasteiger partial charge in [0, 0.05) is 29.4 Å². The van der Waals surface area contributed by atoms with Crippen LogP contribution in [0.3, 0.4) is 0 Å². The molecule has 1 aromatic heterocycles. The Labute approximate surface area is 145 Å². The van der Waals surface area contributed by atoms with Gasteiger partial charge in [0.05, 0.1) is 16.4 Å². The molecule has 0 unspecified atom stereocenters. The zero-order valence-electron chi connectivity index (χ0n) is 12.7. The molecule has 0 bridgehead atoms. The van der Waals surface area contributed by atoms with Gasteiger partial charge in [-0.05, 0) is 51.2 Å². The summed E-state index contributed by atoms with van der Waals surface area (Å²) in [6, 6.07) is 5.23. The SMILES string of the molecule is CCn1nc(C)c(CNC(=S)Nc2ccc(Cl)cc2Cl)c1C. The van der Waals surface area contributed by atoms with E-state index >= 15 is 0 Å². The standard InChI is InChI=1S/C15H18Cl2N4S/c1-4-21-10(3)12(9(2)20-21)8-18-15(22)19-14-6-5-11(16)7-13(14)17/h5-7H,4,8H2,1-3H3,(H2,18,19,22). The topological polar surface area (TPSA) is 41.9 Å². The Balaban J connectivity index is 2.00. The molecule has 1 aromatic carbocycles. The number of nitrogens with zero attached hydrogens (tertiary/aromatic N) is 2. The number of benzene rings is 1. The Morgan fingerprint density at radius 2 is 2.05 bits per heavy atom. The second-order valence-corrected chi connectivity index (χ2v) is 6.15. The van der Waals surface area contributed by atoms with Gasteiger partial charge in [0.25, 0.3) is 0 Å². The van der Waals surface area contributed by atoms with Crippen LogP contribution in [0.25, 0.3) is 0 Å². The van der Waals surface area contributed by atoms with Gasteiger partial charge in [-0.3, -0.25) is 4.68 Å². The van der Waals surface area contributed by atoms with E-state index in [-0.39, 0.29) is 0 Å². The second-order valence-electron chi connectivity index (χ2n) is 4.90. The van der Waals surface area contributed by atoms with Gasteiger partial charge in [-0.25, -0.2) is 0 Å². The number of nitrogens with one attached hydrogen (secondary N) is 2. The molecule has 22 heavy (non-hydrogen) atoms. The molecule has 0 fully saturated rings. The highest BCUT2D eigenvalue weighted by Gasteiger charge is 2.11. The summed E-state index contributed by atoms with van der Waals surface area (Å²) >= 11 is 17.3. The molecule has 2 aromatic rings. The van der Waals surface area contributed by atoms with Crippen molar-refractivity contribution in [3.63, 3.8) is 0 Å². The van der Waals surface area contributed by atoms with Gasteiger partial charge in [0.1, 0.15) is 0 Å². The molecule has 0 saturated heterocycles. The zero-order valence-corrected chi connectivity index (χ0v) is 15.0. The van der Waals surface area contributed by atoms with Crippen molar-refractivity contribution >= 4 is 46.2 Å². The quantitative estimate of drug-likeness (QED) is 0.800. The maximum absolute atomic E-state index is 6.12. The third-order valence-electron chi connectivity index (χ3n) is 3.44. The van der Waals surface area contributed by atoms with Crippen molar-refractivity contribution in [1.82, 2.24) is 15.1 Å². The third kappa shape index (κ3) is 3.91. The van der Waals surface area contributed by atoms with Crippen LogP contribution < -0.4 is 10.6 Å². The molecule has 2 N–H and O–H groups in total. The predicted molar refractivity (Wildman–Crippen MR) is 96.9 cm³/mol. The first kappa shape index (κ1) is 17.1. The second kappa shape index (κ2) is 7.31. The molecule has 2 rings (SSSR count). The van der Waals surface area contributed by atoms with Crippen molar-refractivity contribution in [2.24, 2.45) is 0 Å². The molecular formula is C15H18Cl2N4S. The molecular weight excluding hydrogens is 339 g/mol. The lowest BCUT2D eigenvalue weighted by Gasteiger charge is -2.12. The number of aromatic nitrogens is 2. The average Bonchev–Trinajstić information content (AvgIpc) is 2.74. The summed E-state index contributed by atoms with van der Waals surface area (Å²) in [4.78, 5) is 0. The third-order valence-corrected chi connectivity index (χ3v) is 4.23. The van der Waals surface area contributed by atoms with Crippen molar-refractivity contribution < 1.29 is 0 Å². The summed E-state index contributed by atoms with van der Waals surface area (Å²) in [5.74, 6) is 0. The maximum Gasteiger partial charge on any atom is 0.171 e. The highest BCUT2D eigenvalue weighted by atomic mass is 35.5. The van der Waals surface area contributed by atoms with Crippen molar-refractivity contribution in [1.29, 1.82) is 0 Å². The van der Waals surface area contributed by atoms with E-state index < -0.39 is 0 Å². The van der Waals surface area contributed by atoms with E-state index in [1.807, 2.05) is 11.6 Å². The number of hydrogen-bond acceptors (Lipinski definition) is 2. The summed E-state index contributed by atoms with van der Waals surface area (Å²) in [7, 11) is 0. The monoisotopic (exact) mass is 356 g/mol. The van der Waals surface area contributed by atoms with Crippen LogP contribution in [0.2, 0.25) is 10.0 Å². The van der Waals surface area contributed by atoms with Crippen LogP contribution in [-0.2, 0) is 13.1 Å². The van der Waals surface area contributed by atoms with Crippen molar-refractivity contribution in [3.8, 4) is 0 Å². The van der Waals surface area contributed by atoms with Crippen LogP contribution in [0.4, 0.5) is 5.69 Å². The van der Waals surface area contributed by atoms with Crippen molar-refractivity contribution in [3.05, 3.63) is 45.2 Å². The minimum Gasteiger partial charge on any atom is -0.358 e. The Morgan fingerprint density at radius 1 is 1.32 bits per heavy atom. The van der Waals surface area contributed by atoms with Crippen molar-refractivity contribution in [2.45, 2.75) is 33.9 Å². The van der Waals surface area contributed by atoms with Crippen LogP contribution in [0.5, 0.6) is 0 Å². The molecule has 1 heterocycles. The number of anilines is 1. The van der Waals surface area contributed by atoms with Crippen LogP contribution in [0.1, 0.15) is 23.9 Å². The van der Waals surface area contributed by atoms with E-state index in [1.54, 1.807) is 18.2 Å². The lowest BCUT2D eigenvalue weighted by atomic mass is 10.2. The molecule has 0 radical (unpaired) electrons. The summed E-state index contributed by atoms with van der Waals surface area (Å²) in [5.41, 5.74) is 4.05. The minimum atomic E-state index is 0.507. The molecule has 0 aliphatic heterocycles. The van der Waals surface area contributed by atoms with Gasteiger partial charge >= 0.3 is 0 Å². The van der Waals surface area contributed by atoms with Crippen LogP contribution in [-0.4, -0.2) is 14.9 Å². The summed E-state index contributed by atoms with van der Waals surface area (Å²) < 4.78 is 1.99. The van der Waals surface area contributed by atoms with E-state index in [9.17, 15) is 0 Å². The Kier molecular flexibility index (Phi) is 5.67. The van der Waals surface area contributed by atoms with Gasteiger partial charge in [0.15, 0.2) is 5.11 Å². The number of aryl methyl sites for hydroxylation is 2. The van der Waals surface area contributed by atoms with E-state index in [4.69, 9.17) is 35.4 Å². The maximum atomic E-state index is 6.12. The normalized spacial score (nSPS) is 10.6. The molecule has 7 heteroatoms. The highest BCUT2D eigenvalue weighted by molar-refractivity contribution is 7.80. The van der Waals surface area contributed by atoms with E-state index in [1.165, 1.54) is 0 Å². The van der Waals surface area contributed by atoms with Gasteiger partial charge in [0.2, 0.25) is 0 Å². The Bertz CT molecular complexity index is 697. The molecule has 0 atom stereocenters. The van der Waals surface area contributed by atoms with Crippen molar-refractivity contribution in [2.75, 3.05) is 5.32 Å². The summed E-state index contributed by atoms with van der Waals surface area (Å²) in [6.07, 6.45) is 0. The fraction of sp³-hybridized carbons (Fsp3) is 0.333. The van der Waals surface area contributed by atoms with E-state index in [0.29, 0.717) is 21.7 Å². The molecule has 0 aliphatic carbocycles. The molecule has 0 saturated carbocycles. The molecule has 0 aliphatic rings. The molecule has 0 amide bonds. The lowest BCUT2D eigenvalue weighted by Crippen LogP contribution is -2.28. The Hall–Kier alpha value is -1.30. The average molecular weight is 357 g/mol. The van der Waals surface area contributed by atoms with Gasteiger partial charge in [-0.15, -0.1) is 0 Å². The number of thiocarbonyl (C=S) groups is 1. The fourth-order valence-corrected chi connectivity index (χ4v) is 2.86. The molecule has 0 spiro atoms. The van der Waals surface area contributed by atoms with E-state index in [0.717, 1.165) is 29.2 Å². The lowest BCUT2D eigenvalue weighted by molar-refractivity contribution is 0.633. The first-order valence-electron chi connectivity index (χ1n) is 6.95. The van der Waals surface area contributed by atoms with Gasteiger partial charge in [-0.2, -0.15) is 5.10 Å². The minimum absolute atomic E-state index is 0.507. The smallest absolute Gasteiger partial charge is 0.171 e. The van der Waals surface area contributed by atoms with Crippen LogP contribution >= 0.6 is 35.4 Å².